The molecule has 0 spiro atoms. The van der Waals surface area contributed by atoms with Crippen LogP contribution in [-0.4, -0.2) is 36.9 Å². The Morgan fingerprint density at radius 2 is 1.55 bits per heavy atom. The van der Waals surface area contributed by atoms with Crippen molar-refractivity contribution in [2.45, 2.75) is 13.5 Å². The molecule has 0 aliphatic heterocycles. The van der Waals surface area contributed by atoms with E-state index in [0.29, 0.717) is 23.5 Å². The second-order valence-corrected chi connectivity index (χ2v) is 7.07. The highest BCUT2D eigenvalue weighted by Crippen LogP contribution is 2.23. The number of likely N-dealkylation sites (N-methyl/N-ethyl adjacent to an activating group) is 1. The van der Waals surface area contributed by atoms with Crippen LogP contribution in [0.1, 0.15) is 22.8 Å². The van der Waals surface area contributed by atoms with Gasteiger partial charge in [-0.05, 0) is 48.5 Å². The van der Waals surface area contributed by atoms with Crippen LogP contribution in [-0.2, 0) is 11.3 Å². The average Bonchev–Trinajstić information content (AvgIpc) is 2.80. The van der Waals surface area contributed by atoms with Gasteiger partial charge in [0.2, 0.25) is 5.91 Å². The van der Waals surface area contributed by atoms with Crippen molar-refractivity contribution in [3.8, 4) is 5.75 Å². The molecule has 3 aromatic carbocycles. The molecule has 6 heteroatoms. The van der Waals surface area contributed by atoms with Crippen molar-refractivity contribution in [1.82, 2.24) is 4.90 Å². The van der Waals surface area contributed by atoms with E-state index in [-0.39, 0.29) is 18.4 Å². The molecule has 0 fully saturated rings. The van der Waals surface area contributed by atoms with Gasteiger partial charge in [0.15, 0.2) is 0 Å². The summed E-state index contributed by atoms with van der Waals surface area (Å²) in [4.78, 5) is 26.9. The minimum absolute atomic E-state index is 0.106. The molecule has 0 aliphatic rings. The van der Waals surface area contributed by atoms with E-state index in [1.54, 1.807) is 19.2 Å². The quantitative estimate of drug-likeness (QED) is 0.541. The van der Waals surface area contributed by atoms with E-state index < -0.39 is 0 Å². The number of nitrogens with one attached hydrogen (secondary N) is 2. The first-order chi connectivity index (χ1) is 15.1. The molecule has 160 valence electrons. The Labute approximate surface area is 182 Å². The molecule has 0 heterocycles. The zero-order valence-corrected chi connectivity index (χ0v) is 17.8. The lowest BCUT2D eigenvalue weighted by Gasteiger charge is -2.20. The fraction of sp³-hybridized carbons (Fsp3) is 0.200. The third-order valence-electron chi connectivity index (χ3n) is 4.85. The number of benzene rings is 3. The molecular formula is C25H27N3O3. The lowest BCUT2D eigenvalue weighted by atomic mass is 10.1. The summed E-state index contributed by atoms with van der Waals surface area (Å²) in [7, 11) is 1.58. The molecule has 0 saturated heterocycles. The van der Waals surface area contributed by atoms with Crippen molar-refractivity contribution in [1.29, 1.82) is 0 Å². The van der Waals surface area contributed by atoms with Gasteiger partial charge < -0.3 is 15.4 Å². The van der Waals surface area contributed by atoms with E-state index in [0.717, 1.165) is 17.8 Å². The van der Waals surface area contributed by atoms with Crippen LogP contribution < -0.4 is 15.4 Å². The van der Waals surface area contributed by atoms with Gasteiger partial charge >= 0.3 is 0 Å². The molecule has 0 aromatic heterocycles. The number of carbonyl (C=O) groups excluding carboxylic acids is 2. The van der Waals surface area contributed by atoms with Gasteiger partial charge in [-0.2, -0.15) is 0 Å². The summed E-state index contributed by atoms with van der Waals surface area (Å²) in [6, 6.07) is 24.1. The van der Waals surface area contributed by atoms with Gasteiger partial charge in [0.25, 0.3) is 5.91 Å². The highest BCUT2D eigenvalue weighted by atomic mass is 16.5. The van der Waals surface area contributed by atoms with Crippen molar-refractivity contribution in [2.24, 2.45) is 0 Å². The lowest BCUT2D eigenvalue weighted by molar-refractivity contribution is -0.117. The van der Waals surface area contributed by atoms with Crippen LogP contribution in [0.15, 0.2) is 78.9 Å². The molecule has 6 nitrogen and oxygen atoms in total. The van der Waals surface area contributed by atoms with Crippen LogP contribution in [0, 0.1) is 0 Å². The summed E-state index contributed by atoms with van der Waals surface area (Å²) >= 11 is 0. The van der Waals surface area contributed by atoms with Crippen molar-refractivity contribution < 1.29 is 14.3 Å². The maximum Gasteiger partial charge on any atom is 0.255 e. The monoisotopic (exact) mass is 417 g/mol. The predicted octanol–water partition coefficient (Wildman–Crippen LogP) is 4.41. The predicted molar refractivity (Wildman–Crippen MR) is 123 cm³/mol. The maximum atomic E-state index is 12.5. The number of rotatable bonds is 9. The molecule has 0 aliphatic carbocycles. The number of para-hydroxylation sites is 3. The standard InChI is InChI=1S/C25H27N3O3/c1-3-28(18-24(29)27-22-11-7-8-12-23(22)31-2)17-19-13-15-20(16-14-19)25(30)26-21-9-5-4-6-10-21/h4-16H,3,17-18H2,1-2H3,(H,26,30)(H,27,29). The summed E-state index contributed by atoms with van der Waals surface area (Å²) in [5, 5.41) is 5.78. The molecule has 2 N–H and O–H groups in total. The van der Waals surface area contributed by atoms with Crippen molar-refractivity contribution in [3.63, 3.8) is 0 Å². The third-order valence-corrected chi connectivity index (χ3v) is 4.85. The van der Waals surface area contributed by atoms with Gasteiger partial charge in [-0.15, -0.1) is 0 Å². The summed E-state index contributed by atoms with van der Waals surface area (Å²) in [5.41, 5.74) is 3.03. The van der Waals surface area contributed by atoms with Crippen LogP contribution in [0.2, 0.25) is 0 Å². The summed E-state index contributed by atoms with van der Waals surface area (Å²) in [5.74, 6) is 0.370. The maximum absolute atomic E-state index is 12.5. The number of ether oxygens (including phenoxy) is 1. The summed E-state index contributed by atoms with van der Waals surface area (Å²) < 4.78 is 5.28. The molecule has 3 aromatic rings. The van der Waals surface area contributed by atoms with Crippen LogP contribution >= 0.6 is 0 Å². The van der Waals surface area contributed by atoms with Gasteiger partial charge in [0.1, 0.15) is 5.75 Å². The Bertz CT molecular complexity index is 1000. The Kier molecular flexibility index (Phi) is 7.79. The molecule has 3 rings (SSSR count). The van der Waals surface area contributed by atoms with E-state index in [2.05, 4.69) is 10.6 Å². The fourth-order valence-corrected chi connectivity index (χ4v) is 3.16. The second kappa shape index (κ2) is 10.9. The number of amides is 2. The number of hydrogen-bond acceptors (Lipinski definition) is 4. The van der Waals surface area contributed by atoms with Crippen molar-refractivity contribution >= 4 is 23.2 Å². The van der Waals surface area contributed by atoms with E-state index in [1.165, 1.54) is 0 Å². The minimum Gasteiger partial charge on any atom is -0.495 e. The zero-order chi connectivity index (χ0) is 22.1. The zero-order valence-electron chi connectivity index (χ0n) is 17.8. The van der Waals surface area contributed by atoms with Gasteiger partial charge in [-0.1, -0.05) is 49.4 Å². The number of nitrogens with zero attached hydrogens (tertiary/aromatic N) is 1. The average molecular weight is 418 g/mol. The normalized spacial score (nSPS) is 10.5. The van der Waals surface area contributed by atoms with Crippen LogP contribution in [0.5, 0.6) is 5.75 Å². The van der Waals surface area contributed by atoms with Crippen LogP contribution in [0.25, 0.3) is 0 Å². The number of methoxy groups -OCH3 is 1. The van der Waals surface area contributed by atoms with Crippen LogP contribution in [0.4, 0.5) is 11.4 Å². The first-order valence-electron chi connectivity index (χ1n) is 10.2. The highest BCUT2D eigenvalue weighted by molar-refractivity contribution is 6.04. The summed E-state index contributed by atoms with van der Waals surface area (Å²) in [6.45, 7) is 3.59. The molecule has 0 saturated carbocycles. The van der Waals surface area contributed by atoms with Crippen LogP contribution in [0.3, 0.4) is 0 Å². The molecule has 2 amide bonds. The Balaban J connectivity index is 1.56. The number of anilines is 2. The van der Waals surface area contributed by atoms with Gasteiger partial charge in [0, 0.05) is 17.8 Å². The van der Waals surface area contributed by atoms with Gasteiger partial charge in [-0.3, -0.25) is 14.5 Å². The SMILES string of the molecule is CCN(CC(=O)Nc1ccccc1OC)Cc1ccc(C(=O)Nc2ccccc2)cc1. The molecule has 0 atom stereocenters. The Hall–Kier alpha value is -3.64. The molecule has 31 heavy (non-hydrogen) atoms. The smallest absolute Gasteiger partial charge is 0.255 e. The first kappa shape index (κ1) is 22.1. The van der Waals surface area contributed by atoms with E-state index >= 15 is 0 Å². The molecule has 0 bridgehead atoms. The van der Waals surface area contributed by atoms with Gasteiger partial charge in [-0.25, -0.2) is 0 Å². The number of hydrogen-bond donors (Lipinski definition) is 2. The third kappa shape index (κ3) is 6.42. The van der Waals surface area contributed by atoms with Gasteiger partial charge in [0.05, 0.1) is 19.3 Å². The molecule has 0 radical (unpaired) electrons. The van der Waals surface area contributed by atoms with E-state index in [4.69, 9.17) is 4.74 Å². The Morgan fingerprint density at radius 1 is 0.871 bits per heavy atom. The van der Waals surface area contributed by atoms with Crippen molar-refractivity contribution in [2.75, 3.05) is 30.8 Å². The number of carbonyl (C=O) groups is 2. The second-order valence-electron chi connectivity index (χ2n) is 7.07. The lowest BCUT2D eigenvalue weighted by Crippen LogP contribution is -2.32. The van der Waals surface area contributed by atoms with Crippen molar-refractivity contribution in [3.05, 3.63) is 90.0 Å². The highest BCUT2D eigenvalue weighted by Gasteiger charge is 2.13. The largest absolute Gasteiger partial charge is 0.495 e. The van der Waals surface area contributed by atoms with E-state index in [9.17, 15) is 9.59 Å². The summed E-state index contributed by atoms with van der Waals surface area (Å²) in [6.07, 6.45) is 0. The Morgan fingerprint density at radius 3 is 2.23 bits per heavy atom. The fourth-order valence-electron chi connectivity index (χ4n) is 3.16. The minimum atomic E-state index is -0.152. The first-order valence-corrected chi connectivity index (χ1v) is 10.2. The van der Waals surface area contributed by atoms with E-state index in [1.807, 2.05) is 78.6 Å². The molecule has 0 unspecified atom stereocenters. The molecular weight excluding hydrogens is 390 g/mol. The topological polar surface area (TPSA) is 70.7 Å².